The van der Waals surface area contributed by atoms with E-state index in [1.165, 1.54) is 29.1 Å². The van der Waals surface area contributed by atoms with Crippen LogP contribution in [0, 0.1) is 0 Å². The number of alkyl halides is 3. The summed E-state index contributed by atoms with van der Waals surface area (Å²) >= 11 is 5.79. The summed E-state index contributed by atoms with van der Waals surface area (Å²) in [7, 11) is 0. The number of furan rings is 1. The maximum Gasteiger partial charge on any atom is 0.418 e. The largest absolute Gasteiger partial charge is 0.454 e. The minimum atomic E-state index is -4.66. The molecule has 0 aliphatic rings. The topological polar surface area (TPSA) is 90.8 Å². The van der Waals surface area contributed by atoms with Crippen LogP contribution in [0.25, 0.3) is 5.69 Å². The van der Waals surface area contributed by atoms with Crippen molar-refractivity contribution in [3.05, 3.63) is 77.5 Å². The van der Waals surface area contributed by atoms with E-state index < -0.39 is 17.6 Å². The molecule has 154 valence electrons. The molecule has 30 heavy (non-hydrogen) atoms. The van der Waals surface area contributed by atoms with Gasteiger partial charge >= 0.3 is 6.18 Å². The predicted molar refractivity (Wildman–Crippen MR) is 99.4 cm³/mol. The molecule has 12 heteroatoms. The van der Waals surface area contributed by atoms with Crippen LogP contribution in [0.5, 0.6) is 0 Å². The first-order valence-electron chi connectivity index (χ1n) is 8.44. The number of carbonyl (C=O) groups excluding carboxylic acids is 1. The summed E-state index contributed by atoms with van der Waals surface area (Å²) in [5.74, 6) is -0.323. The maximum atomic E-state index is 13.5. The highest BCUT2D eigenvalue weighted by Gasteiger charge is 2.34. The maximum absolute atomic E-state index is 13.5. The van der Waals surface area contributed by atoms with Gasteiger partial charge in [0.05, 0.1) is 29.0 Å². The minimum absolute atomic E-state index is 0.0481. The van der Waals surface area contributed by atoms with Gasteiger partial charge in [-0.25, -0.2) is 9.67 Å². The Labute approximate surface area is 171 Å². The van der Waals surface area contributed by atoms with E-state index in [0.29, 0.717) is 10.8 Å². The van der Waals surface area contributed by atoms with E-state index in [1.54, 1.807) is 12.3 Å². The summed E-state index contributed by atoms with van der Waals surface area (Å²) < 4.78 is 48.4. The SMILES string of the molecule is O=C(Nc1ccc(-n2cncn2)c(C(F)(F)F)c1)c1ccc(Cn2cc(Cl)cn2)o1. The standard InChI is InChI=1S/C18H12ClF3N6O2/c19-11-6-24-27(7-11)8-13-2-4-16(30-13)17(29)26-12-1-3-15(28-10-23-9-25-28)14(5-12)18(20,21)22/h1-7,9-10H,8H2,(H,26,29). The lowest BCUT2D eigenvalue weighted by Gasteiger charge is -2.14. The summed E-state index contributed by atoms with van der Waals surface area (Å²) in [5.41, 5.74) is -1.23. The number of anilines is 1. The summed E-state index contributed by atoms with van der Waals surface area (Å²) in [5, 5.41) is 10.6. The number of nitrogens with zero attached hydrogens (tertiary/aromatic N) is 5. The molecule has 3 aromatic heterocycles. The smallest absolute Gasteiger partial charge is 0.418 e. The highest BCUT2D eigenvalue weighted by Crippen LogP contribution is 2.35. The number of aromatic nitrogens is 5. The molecule has 0 saturated carbocycles. The lowest BCUT2D eigenvalue weighted by Crippen LogP contribution is -2.15. The van der Waals surface area contributed by atoms with Gasteiger partial charge in [-0.15, -0.1) is 0 Å². The summed E-state index contributed by atoms with van der Waals surface area (Å²) in [6.07, 6.45) is 0.658. The van der Waals surface area contributed by atoms with Crippen molar-refractivity contribution in [2.75, 3.05) is 5.32 Å². The van der Waals surface area contributed by atoms with E-state index in [9.17, 15) is 18.0 Å². The van der Waals surface area contributed by atoms with Crippen LogP contribution < -0.4 is 5.32 Å². The van der Waals surface area contributed by atoms with Gasteiger partial charge < -0.3 is 9.73 Å². The molecule has 0 unspecified atom stereocenters. The van der Waals surface area contributed by atoms with Gasteiger partial charge in [0.25, 0.3) is 5.91 Å². The molecule has 8 nitrogen and oxygen atoms in total. The van der Waals surface area contributed by atoms with Crippen LogP contribution in [0.4, 0.5) is 18.9 Å². The quantitative estimate of drug-likeness (QED) is 0.510. The van der Waals surface area contributed by atoms with Crippen molar-refractivity contribution in [2.45, 2.75) is 12.7 Å². The Balaban J connectivity index is 1.53. The average Bonchev–Trinajstić information content (AvgIpc) is 3.44. The van der Waals surface area contributed by atoms with E-state index >= 15 is 0 Å². The van der Waals surface area contributed by atoms with Crippen molar-refractivity contribution in [1.29, 1.82) is 0 Å². The predicted octanol–water partition coefficient (Wildman–Crippen LogP) is 4.03. The van der Waals surface area contributed by atoms with Crippen molar-refractivity contribution in [3.63, 3.8) is 0 Å². The fourth-order valence-corrected chi connectivity index (χ4v) is 2.89. The average molecular weight is 437 g/mol. The second-order valence-corrected chi connectivity index (χ2v) is 6.58. The minimum Gasteiger partial charge on any atom is -0.454 e. The van der Waals surface area contributed by atoms with Crippen LogP contribution in [0.3, 0.4) is 0 Å². The second kappa shape index (κ2) is 7.67. The molecule has 0 atom stereocenters. The Kier molecular flexibility index (Phi) is 5.04. The van der Waals surface area contributed by atoms with E-state index in [-0.39, 0.29) is 23.7 Å². The normalized spacial score (nSPS) is 11.6. The first-order chi connectivity index (χ1) is 14.3. The molecular formula is C18H12ClF3N6O2. The van der Waals surface area contributed by atoms with Gasteiger partial charge in [0.2, 0.25) is 0 Å². The summed E-state index contributed by atoms with van der Waals surface area (Å²) in [6.45, 7) is 0.241. The van der Waals surface area contributed by atoms with Crippen LogP contribution in [0.2, 0.25) is 5.02 Å². The molecule has 0 bridgehead atoms. The number of halogens is 4. The number of rotatable bonds is 5. The molecular weight excluding hydrogens is 425 g/mol. The third-order valence-corrected chi connectivity index (χ3v) is 4.23. The Morgan fingerprint density at radius 2 is 2.03 bits per heavy atom. The van der Waals surface area contributed by atoms with Crippen LogP contribution in [-0.2, 0) is 12.7 Å². The molecule has 3 heterocycles. The zero-order valence-electron chi connectivity index (χ0n) is 15.0. The zero-order valence-corrected chi connectivity index (χ0v) is 15.7. The lowest BCUT2D eigenvalue weighted by molar-refractivity contribution is -0.137. The van der Waals surface area contributed by atoms with Crippen LogP contribution in [0.1, 0.15) is 21.9 Å². The Hall–Kier alpha value is -3.60. The number of hydrogen-bond acceptors (Lipinski definition) is 5. The van der Waals surface area contributed by atoms with Crippen LogP contribution in [-0.4, -0.2) is 30.5 Å². The van der Waals surface area contributed by atoms with Gasteiger partial charge in [0.15, 0.2) is 5.76 Å². The molecule has 1 N–H and O–H groups in total. The molecule has 0 radical (unpaired) electrons. The van der Waals surface area contributed by atoms with Crippen molar-refractivity contribution < 1.29 is 22.4 Å². The molecule has 1 amide bonds. The molecule has 1 aromatic carbocycles. The van der Waals surface area contributed by atoms with Gasteiger partial charge in [-0.3, -0.25) is 9.48 Å². The Bertz CT molecular complexity index is 1180. The van der Waals surface area contributed by atoms with Gasteiger partial charge in [-0.1, -0.05) is 11.6 Å². The van der Waals surface area contributed by atoms with Crippen molar-refractivity contribution in [2.24, 2.45) is 0 Å². The molecule has 4 rings (SSSR count). The van der Waals surface area contributed by atoms with E-state index in [2.05, 4.69) is 20.5 Å². The van der Waals surface area contributed by atoms with Crippen LogP contribution in [0.15, 0.2) is 59.8 Å². The lowest BCUT2D eigenvalue weighted by atomic mass is 10.1. The fraction of sp³-hybridized carbons (Fsp3) is 0.111. The number of nitrogens with one attached hydrogen (secondary N) is 1. The van der Waals surface area contributed by atoms with Gasteiger partial charge in [-0.05, 0) is 30.3 Å². The third-order valence-electron chi connectivity index (χ3n) is 4.03. The highest BCUT2D eigenvalue weighted by molar-refractivity contribution is 6.30. The van der Waals surface area contributed by atoms with Gasteiger partial charge in [0.1, 0.15) is 18.4 Å². The molecule has 0 aliphatic heterocycles. The molecule has 0 spiro atoms. The van der Waals surface area contributed by atoms with E-state index in [4.69, 9.17) is 16.0 Å². The first-order valence-corrected chi connectivity index (χ1v) is 8.81. The van der Waals surface area contributed by atoms with E-state index in [0.717, 1.165) is 23.4 Å². The second-order valence-electron chi connectivity index (χ2n) is 6.15. The van der Waals surface area contributed by atoms with Gasteiger partial charge in [0, 0.05) is 11.9 Å². The molecule has 0 aliphatic carbocycles. The summed E-state index contributed by atoms with van der Waals surface area (Å²) in [4.78, 5) is 16.1. The zero-order chi connectivity index (χ0) is 21.3. The van der Waals surface area contributed by atoms with Crippen LogP contribution >= 0.6 is 11.6 Å². The van der Waals surface area contributed by atoms with Gasteiger partial charge in [-0.2, -0.15) is 23.4 Å². The van der Waals surface area contributed by atoms with Crippen molar-refractivity contribution >= 4 is 23.2 Å². The van der Waals surface area contributed by atoms with Crippen molar-refractivity contribution in [1.82, 2.24) is 24.5 Å². The monoisotopic (exact) mass is 436 g/mol. The third kappa shape index (κ3) is 4.20. The highest BCUT2D eigenvalue weighted by atomic mass is 35.5. The Morgan fingerprint density at radius 1 is 1.20 bits per heavy atom. The number of carbonyl (C=O) groups is 1. The first kappa shape index (κ1) is 19.7. The summed E-state index contributed by atoms with van der Waals surface area (Å²) in [6, 6.07) is 6.34. The van der Waals surface area contributed by atoms with Crippen molar-refractivity contribution in [3.8, 4) is 5.69 Å². The number of benzene rings is 1. The van der Waals surface area contributed by atoms with E-state index in [1.807, 2.05) is 0 Å². The Morgan fingerprint density at radius 3 is 2.70 bits per heavy atom. The molecule has 0 fully saturated rings. The number of amides is 1. The molecule has 0 saturated heterocycles. The number of hydrogen-bond donors (Lipinski definition) is 1. The molecule has 4 aromatic rings. The fourth-order valence-electron chi connectivity index (χ4n) is 2.74.